The Morgan fingerprint density at radius 1 is 1.32 bits per heavy atom. The molecule has 0 spiro atoms. The zero-order chi connectivity index (χ0) is 14.0. The van der Waals surface area contributed by atoms with Gasteiger partial charge in [0.15, 0.2) is 4.77 Å². The molecule has 1 aromatic heterocycles. The predicted molar refractivity (Wildman–Crippen MR) is 68.5 cm³/mol. The molecule has 0 saturated heterocycles. The lowest BCUT2D eigenvalue weighted by atomic mass is 9.81. The van der Waals surface area contributed by atoms with Gasteiger partial charge in [-0.05, 0) is 44.3 Å². The van der Waals surface area contributed by atoms with E-state index in [4.69, 9.17) is 12.2 Å². The lowest BCUT2D eigenvalue weighted by molar-refractivity contribution is -0.182. The Hall–Kier alpha value is -0.850. The molecule has 1 aliphatic rings. The molecule has 1 aliphatic carbocycles. The third-order valence-electron chi connectivity index (χ3n) is 3.79. The molecule has 0 radical (unpaired) electrons. The summed E-state index contributed by atoms with van der Waals surface area (Å²) in [5.74, 6) is -0.226. The van der Waals surface area contributed by atoms with Crippen molar-refractivity contribution >= 4 is 12.2 Å². The highest BCUT2D eigenvalue weighted by Crippen LogP contribution is 2.42. The Morgan fingerprint density at radius 2 is 1.95 bits per heavy atom. The molecule has 1 fully saturated rings. The van der Waals surface area contributed by atoms with Crippen LogP contribution in [0.5, 0.6) is 0 Å². The van der Waals surface area contributed by atoms with Crippen LogP contribution < -0.4 is 0 Å². The van der Waals surface area contributed by atoms with Gasteiger partial charge in [-0.25, -0.2) is 0 Å². The summed E-state index contributed by atoms with van der Waals surface area (Å²) >= 11 is 5.15. The molecule has 0 bridgehead atoms. The van der Waals surface area contributed by atoms with Crippen LogP contribution in [0.25, 0.3) is 0 Å². The van der Waals surface area contributed by atoms with Crippen LogP contribution in [0.2, 0.25) is 0 Å². The second kappa shape index (κ2) is 5.64. The van der Waals surface area contributed by atoms with Crippen LogP contribution in [0.4, 0.5) is 13.2 Å². The number of nitrogens with one attached hydrogen (secondary N) is 1. The Labute approximate surface area is 115 Å². The minimum Gasteiger partial charge on any atom is -0.304 e. The normalized spacial score (nSPS) is 24.6. The number of halogens is 3. The monoisotopic (exact) mass is 293 g/mol. The molecule has 19 heavy (non-hydrogen) atoms. The molecule has 0 aliphatic heterocycles. The van der Waals surface area contributed by atoms with Crippen molar-refractivity contribution in [2.45, 2.75) is 57.7 Å². The van der Waals surface area contributed by atoms with Crippen LogP contribution in [0.15, 0.2) is 0 Å². The molecular weight excluding hydrogens is 275 g/mol. The van der Waals surface area contributed by atoms with Gasteiger partial charge in [0.2, 0.25) is 0 Å². The summed E-state index contributed by atoms with van der Waals surface area (Å²) in [6, 6.07) is 0. The predicted octanol–water partition coefficient (Wildman–Crippen LogP) is 4.19. The van der Waals surface area contributed by atoms with Crippen molar-refractivity contribution in [3.05, 3.63) is 10.6 Å². The smallest absolute Gasteiger partial charge is 0.304 e. The van der Waals surface area contributed by atoms with E-state index in [-0.39, 0.29) is 18.8 Å². The molecule has 1 saturated carbocycles. The van der Waals surface area contributed by atoms with Crippen molar-refractivity contribution in [2.75, 3.05) is 0 Å². The fourth-order valence-electron chi connectivity index (χ4n) is 2.76. The summed E-state index contributed by atoms with van der Waals surface area (Å²) in [6.45, 7) is 2.81. The van der Waals surface area contributed by atoms with Crippen LogP contribution in [-0.2, 0) is 6.54 Å². The minimum atomic E-state index is -4.06. The lowest BCUT2D eigenvalue weighted by Crippen LogP contribution is -2.28. The number of hydrogen-bond donors (Lipinski definition) is 1. The van der Waals surface area contributed by atoms with Gasteiger partial charge < -0.3 is 4.57 Å². The second-order valence-corrected chi connectivity index (χ2v) is 5.52. The van der Waals surface area contributed by atoms with Crippen LogP contribution in [-0.4, -0.2) is 20.9 Å². The highest BCUT2D eigenvalue weighted by atomic mass is 32.1. The van der Waals surface area contributed by atoms with E-state index in [1.54, 1.807) is 0 Å². The summed E-state index contributed by atoms with van der Waals surface area (Å²) in [7, 11) is 0. The molecule has 1 heterocycles. The van der Waals surface area contributed by atoms with Crippen LogP contribution in [0.1, 0.15) is 50.8 Å². The Balaban J connectivity index is 2.08. The van der Waals surface area contributed by atoms with E-state index in [1.165, 1.54) is 0 Å². The quantitative estimate of drug-likeness (QED) is 0.848. The van der Waals surface area contributed by atoms with E-state index in [0.717, 1.165) is 18.8 Å². The van der Waals surface area contributed by atoms with Gasteiger partial charge in [-0.1, -0.05) is 6.92 Å². The molecule has 0 atom stereocenters. The largest absolute Gasteiger partial charge is 0.391 e. The summed E-state index contributed by atoms with van der Waals surface area (Å²) in [5.41, 5.74) is 0. The molecule has 1 N–H and O–H groups in total. The fraction of sp³-hybridized carbons (Fsp3) is 0.833. The second-order valence-electron chi connectivity index (χ2n) is 5.13. The fourth-order valence-corrected chi connectivity index (χ4v) is 2.99. The number of H-pyrrole nitrogens is 1. The molecule has 2 rings (SSSR count). The van der Waals surface area contributed by atoms with Gasteiger partial charge in [-0.2, -0.15) is 18.3 Å². The van der Waals surface area contributed by atoms with Crippen molar-refractivity contribution in [1.82, 2.24) is 14.8 Å². The van der Waals surface area contributed by atoms with Crippen molar-refractivity contribution in [2.24, 2.45) is 5.92 Å². The topological polar surface area (TPSA) is 33.6 Å². The molecule has 7 heteroatoms. The Bertz CT molecular complexity index is 469. The maximum atomic E-state index is 12.6. The molecule has 0 aromatic carbocycles. The Kier molecular flexibility index (Phi) is 4.32. The van der Waals surface area contributed by atoms with Gasteiger partial charge in [0.05, 0.1) is 5.92 Å². The molecule has 0 amide bonds. The van der Waals surface area contributed by atoms with Crippen LogP contribution in [0.3, 0.4) is 0 Å². The molecule has 108 valence electrons. The maximum absolute atomic E-state index is 12.6. The number of aromatic nitrogens is 3. The maximum Gasteiger partial charge on any atom is 0.391 e. The highest BCUT2D eigenvalue weighted by molar-refractivity contribution is 7.71. The first-order valence-corrected chi connectivity index (χ1v) is 7.06. The number of aromatic amines is 1. The van der Waals surface area contributed by atoms with Crippen molar-refractivity contribution in [3.8, 4) is 0 Å². The van der Waals surface area contributed by atoms with Crippen molar-refractivity contribution in [1.29, 1.82) is 0 Å². The zero-order valence-electron chi connectivity index (χ0n) is 10.8. The standard InChI is InChI=1S/C12H18F3N3S/c1-2-7-18-10(16-17-11(18)19)8-3-5-9(6-4-8)12(13,14)15/h8-9H,2-7H2,1H3,(H,17,19). The third kappa shape index (κ3) is 3.19. The number of hydrogen-bond acceptors (Lipinski definition) is 2. The number of alkyl halides is 3. The molecule has 1 aromatic rings. The summed E-state index contributed by atoms with van der Waals surface area (Å²) in [4.78, 5) is 0. The SMILES string of the molecule is CCCn1c(C2CCC(C(F)(F)F)CC2)n[nH]c1=S. The van der Waals surface area contributed by atoms with Gasteiger partial charge in [-0.3, -0.25) is 5.10 Å². The summed E-state index contributed by atoms with van der Waals surface area (Å²) in [6.07, 6.45) is -1.67. The first-order valence-electron chi connectivity index (χ1n) is 6.65. The molecular formula is C12H18F3N3S. The van der Waals surface area contributed by atoms with E-state index in [9.17, 15) is 13.2 Å². The number of rotatable bonds is 3. The zero-order valence-corrected chi connectivity index (χ0v) is 11.7. The first-order chi connectivity index (χ1) is 8.93. The van der Waals surface area contributed by atoms with Crippen molar-refractivity contribution < 1.29 is 13.2 Å². The van der Waals surface area contributed by atoms with Gasteiger partial charge >= 0.3 is 6.18 Å². The van der Waals surface area contributed by atoms with E-state index in [1.807, 2.05) is 11.5 Å². The molecule has 0 unspecified atom stereocenters. The third-order valence-corrected chi connectivity index (χ3v) is 4.10. The highest BCUT2D eigenvalue weighted by Gasteiger charge is 2.42. The average molecular weight is 293 g/mol. The van der Waals surface area contributed by atoms with Crippen molar-refractivity contribution in [3.63, 3.8) is 0 Å². The summed E-state index contributed by atoms with van der Waals surface area (Å²) < 4.78 is 40.4. The van der Waals surface area contributed by atoms with E-state index < -0.39 is 12.1 Å². The van der Waals surface area contributed by atoms with Gasteiger partial charge in [0.25, 0.3) is 0 Å². The van der Waals surface area contributed by atoms with Gasteiger partial charge in [0, 0.05) is 12.5 Å². The van der Waals surface area contributed by atoms with Crippen LogP contribution >= 0.6 is 12.2 Å². The Morgan fingerprint density at radius 3 is 2.47 bits per heavy atom. The lowest BCUT2D eigenvalue weighted by Gasteiger charge is -2.29. The van der Waals surface area contributed by atoms with E-state index >= 15 is 0 Å². The van der Waals surface area contributed by atoms with Gasteiger partial charge in [0.1, 0.15) is 5.82 Å². The van der Waals surface area contributed by atoms with Crippen LogP contribution in [0, 0.1) is 10.7 Å². The molecule has 3 nitrogen and oxygen atoms in total. The average Bonchev–Trinajstić information content (AvgIpc) is 2.71. The minimum absolute atomic E-state index is 0.0955. The first kappa shape index (κ1) is 14.6. The summed E-state index contributed by atoms with van der Waals surface area (Å²) in [5, 5.41) is 6.96. The number of nitrogens with zero attached hydrogens (tertiary/aromatic N) is 2. The van der Waals surface area contributed by atoms with E-state index in [2.05, 4.69) is 10.2 Å². The van der Waals surface area contributed by atoms with Gasteiger partial charge in [-0.15, -0.1) is 0 Å². The van der Waals surface area contributed by atoms with E-state index in [0.29, 0.717) is 17.6 Å².